The molecule has 0 saturated heterocycles. The Balaban J connectivity index is 2.23. The lowest BCUT2D eigenvalue weighted by Gasteiger charge is -2.35. The number of ether oxygens (including phenoxy) is 1. The van der Waals surface area contributed by atoms with E-state index in [1.807, 2.05) is 13.8 Å². The first-order valence-corrected chi connectivity index (χ1v) is 12.0. The van der Waals surface area contributed by atoms with E-state index in [4.69, 9.17) is 4.74 Å². The third-order valence-electron chi connectivity index (χ3n) is 5.20. The van der Waals surface area contributed by atoms with Gasteiger partial charge in [0, 0.05) is 0 Å². The van der Waals surface area contributed by atoms with Crippen molar-refractivity contribution in [2.24, 2.45) is 11.8 Å². The molecule has 32 heavy (non-hydrogen) atoms. The number of benzene rings is 2. The van der Waals surface area contributed by atoms with E-state index in [1.54, 1.807) is 61.5 Å². The molecule has 168 valence electrons. The van der Waals surface area contributed by atoms with Gasteiger partial charge in [0.05, 0.1) is 29.0 Å². The van der Waals surface area contributed by atoms with E-state index in [0.29, 0.717) is 12.0 Å². The van der Waals surface area contributed by atoms with Crippen LogP contribution in [0, 0.1) is 18.8 Å². The largest absolute Gasteiger partial charge is 0.466 e. The summed E-state index contributed by atoms with van der Waals surface area (Å²) in [6, 6.07) is 15.0. The van der Waals surface area contributed by atoms with Gasteiger partial charge in [-0.2, -0.15) is 0 Å². The van der Waals surface area contributed by atoms with Crippen LogP contribution >= 0.6 is 0 Å². The second-order valence-corrected chi connectivity index (χ2v) is 9.27. The number of hydrogen-bond donors (Lipinski definition) is 0. The van der Waals surface area contributed by atoms with Crippen LogP contribution in [0.15, 0.2) is 77.7 Å². The number of hydrogen-bond acceptors (Lipinski definition) is 5. The fourth-order valence-electron chi connectivity index (χ4n) is 3.57. The van der Waals surface area contributed by atoms with Crippen molar-refractivity contribution in [3.8, 4) is 0 Å². The van der Waals surface area contributed by atoms with Crippen LogP contribution in [-0.2, 0) is 24.3 Å². The Morgan fingerprint density at radius 1 is 1.06 bits per heavy atom. The molecule has 1 heterocycles. The van der Waals surface area contributed by atoms with Crippen LogP contribution in [0.5, 0.6) is 0 Å². The third-order valence-corrected chi connectivity index (χ3v) is 6.92. The van der Waals surface area contributed by atoms with Crippen LogP contribution in [0.1, 0.15) is 31.4 Å². The van der Waals surface area contributed by atoms with Gasteiger partial charge in [0.1, 0.15) is 0 Å². The Morgan fingerprint density at radius 2 is 1.72 bits per heavy atom. The van der Waals surface area contributed by atoms with E-state index >= 15 is 0 Å². The highest BCUT2D eigenvalue weighted by Crippen LogP contribution is 2.37. The Labute approximate surface area is 189 Å². The van der Waals surface area contributed by atoms with Gasteiger partial charge in [0.2, 0.25) is 5.91 Å². The quantitative estimate of drug-likeness (QED) is 0.460. The van der Waals surface area contributed by atoms with Gasteiger partial charge in [-0.25, -0.2) is 12.7 Å². The molecule has 1 aliphatic rings. The van der Waals surface area contributed by atoms with Crippen molar-refractivity contribution < 1.29 is 22.7 Å². The average molecular weight is 454 g/mol. The molecule has 2 aromatic rings. The number of nitrogens with zero attached hydrogens (tertiary/aromatic N) is 1. The molecule has 1 aliphatic heterocycles. The average Bonchev–Trinajstić information content (AvgIpc) is 2.78. The highest BCUT2D eigenvalue weighted by molar-refractivity contribution is 7.90. The van der Waals surface area contributed by atoms with Crippen molar-refractivity contribution in [1.29, 1.82) is 0 Å². The number of carbonyl (C=O) groups excluding carboxylic acids is 2. The normalized spacial score (nSPS) is 19.2. The maximum atomic E-state index is 13.7. The van der Waals surface area contributed by atoms with E-state index in [-0.39, 0.29) is 17.2 Å². The highest BCUT2D eigenvalue weighted by atomic mass is 32.2. The predicted molar refractivity (Wildman–Crippen MR) is 123 cm³/mol. The Hall–Kier alpha value is -3.19. The SMILES string of the molecule is CC/C=C\[C@H]1C(=O)N(S(=O)(=O)c2ccc(C)cc2)C(c2ccccc2)=C[C@@H]1C(=O)OCC. The van der Waals surface area contributed by atoms with Crippen molar-refractivity contribution in [3.63, 3.8) is 0 Å². The van der Waals surface area contributed by atoms with E-state index in [1.165, 1.54) is 18.2 Å². The lowest BCUT2D eigenvalue weighted by atomic mass is 9.86. The molecule has 0 saturated carbocycles. The molecular weight excluding hydrogens is 426 g/mol. The molecule has 0 N–H and O–H groups in total. The van der Waals surface area contributed by atoms with Gasteiger partial charge >= 0.3 is 5.97 Å². The summed E-state index contributed by atoms with van der Waals surface area (Å²) >= 11 is 0. The second-order valence-electron chi connectivity index (χ2n) is 7.48. The molecule has 0 spiro atoms. The van der Waals surface area contributed by atoms with Gasteiger partial charge in [-0.3, -0.25) is 9.59 Å². The smallest absolute Gasteiger partial charge is 0.314 e. The lowest BCUT2D eigenvalue weighted by molar-refractivity contribution is -0.150. The summed E-state index contributed by atoms with van der Waals surface area (Å²) in [4.78, 5) is 26.4. The van der Waals surface area contributed by atoms with E-state index in [2.05, 4.69) is 0 Å². The van der Waals surface area contributed by atoms with Gasteiger partial charge in [0.15, 0.2) is 0 Å². The van der Waals surface area contributed by atoms with E-state index in [9.17, 15) is 18.0 Å². The van der Waals surface area contributed by atoms with E-state index in [0.717, 1.165) is 9.87 Å². The van der Waals surface area contributed by atoms with Crippen LogP contribution in [0.25, 0.3) is 5.70 Å². The van der Waals surface area contributed by atoms with Crippen molar-refractivity contribution in [1.82, 2.24) is 4.31 Å². The standard InChI is InChI=1S/C25H27NO5S/c1-4-6-12-21-22(25(28)31-5-2)17-23(19-10-8-7-9-11-19)26(24(21)27)32(29,30)20-15-13-18(3)14-16-20/h6-17,21-22H,4-5H2,1-3H3/b12-6-/t21-,22+/m1/s1. The maximum absolute atomic E-state index is 13.7. The third kappa shape index (κ3) is 4.67. The topological polar surface area (TPSA) is 80.8 Å². The molecule has 2 aromatic carbocycles. The number of rotatable bonds is 7. The van der Waals surface area contributed by atoms with Gasteiger partial charge < -0.3 is 4.74 Å². The van der Waals surface area contributed by atoms with Gasteiger partial charge in [-0.05, 0) is 44.0 Å². The second kappa shape index (κ2) is 9.96. The summed E-state index contributed by atoms with van der Waals surface area (Å²) in [5.74, 6) is -3.16. The fraction of sp³-hybridized carbons (Fsp3) is 0.280. The minimum atomic E-state index is -4.22. The molecule has 0 unspecified atom stereocenters. The van der Waals surface area contributed by atoms with Crippen molar-refractivity contribution in [3.05, 3.63) is 84.0 Å². The molecule has 3 rings (SSSR count). The maximum Gasteiger partial charge on any atom is 0.314 e. The molecule has 0 aliphatic carbocycles. The first-order valence-electron chi connectivity index (χ1n) is 10.6. The van der Waals surface area contributed by atoms with Crippen LogP contribution < -0.4 is 0 Å². The summed E-state index contributed by atoms with van der Waals surface area (Å²) in [5, 5.41) is 0. The molecule has 7 heteroatoms. The molecule has 0 fully saturated rings. The van der Waals surface area contributed by atoms with Gasteiger partial charge in [-0.15, -0.1) is 0 Å². The van der Waals surface area contributed by atoms with Gasteiger partial charge in [0.25, 0.3) is 10.0 Å². The zero-order chi connectivity index (χ0) is 23.3. The highest BCUT2D eigenvalue weighted by Gasteiger charge is 2.45. The first kappa shape index (κ1) is 23.5. The number of esters is 1. The number of allylic oxidation sites excluding steroid dienone is 1. The molecule has 0 bridgehead atoms. The number of amides is 1. The van der Waals surface area contributed by atoms with Crippen molar-refractivity contribution >= 4 is 27.6 Å². The van der Waals surface area contributed by atoms with Crippen LogP contribution in [0.2, 0.25) is 0 Å². The van der Waals surface area contributed by atoms with E-state index < -0.39 is 33.7 Å². The Kier molecular flexibility index (Phi) is 7.30. The number of sulfonamides is 1. The molecule has 1 amide bonds. The minimum absolute atomic E-state index is 0.00564. The van der Waals surface area contributed by atoms with Crippen LogP contribution in [-0.4, -0.2) is 31.2 Å². The minimum Gasteiger partial charge on any atom is -0.466 e. The number of carbonyl (C=O) groups is 2. The van der Waals surface area contributed by atoms with Crippen LogP contribution in [0.4, 0.5) is 0 Å². The zero-order valence-corrected chi connectivity index (χ0v) is 19.2. The van der Waals surface area contributed by atoms with Crippen LogP contribution in [0.3, 0.4) is 0 Å². The molecule has 2 atom stereocenters. The summed E-state index contributed by atoms with van der Waals surface area (Å²) in [5.41, 5.74) is 1.57. The number of aryl methyl sites for hydroxylation is 1. The summed E-state index contributed by atoms with van der Waals surface area (Å²) < 4.78 is 33.3. The van der Waals surface area contributed by atoms with Crippen molar-refractivity contribution in [2.75, 3.05) is 6.61 Å². The molecular formula is C25H27NO5S. The summed E-state index contributed by atoms with van der Waals surface area (Å²) in [6.07, 6.45) is 5.52. The summed E-state index contributed by atoms with van der Waals surface area (Å²) in [6.45, 7) is 5.60. The predicted octanol–water partition coefficient (Wildman–Crippen LogP) is 4.33. The lowest BCUT2D eigenvalue weighted by Crippen LogP contribution is -2.46. The summed E-state index contributed by atoms with van der Waals surface area (Å²) in [7, 11) is -4.22. The zero-order valence-electron chi connectivity index (χ0n) is 18.4. The Bertz CT molecular complexity index is 1130. The Morgan fingerprint density at radius 3 is 2.31 bits per heavy atom. The molecule has 6 nitrogen and oxygen atoms in total. The first-order chi connectivity index (χ1) is 15.3. The van der Waals surface area contributed by atoms with Gasteiger partial charge in [-0.1, -0.05) is 67.1 Å². The van der Waals surface area contributed by atoms with Crippen molar-refractivity contribution in [2.45, 2.75) is 32.1 Å². The molecule has 0 aromatic heterocycles. The molecule has 0 radical (unpaired) electrons. The fourth-order valence-corrected chi connectivity index (χ4v) is 5.05. The monoisotopic (exact) mass is 453 g/mol.